The van der Waals surface area contributed by atoms with Crippen LogP contribution in [0.15, 0.2) is 12.7 Å². The maximum atomic E-state index is 8.69. The molecule has 0 aliphatic carbocycles. The first-order chi connectivity index (χ1) is 3.98. The Morgan fingerprint density at radius 2 is 2.22 bits per heavy atom. The van der Waals surface area contributed by atoms with Crippen molar-refractivity contribution < 1.29 is 9.84 Å². The first-order valence-corrected chi connectivity index (χ1v) is 3.94. The largest absolute Gasteiger partial charge is 0.368 e. The van der Waals surface area contributed by atoms with Crippen LogP contribution in [0.5, 0.6) is 0 Å². The topological polar surface area (TPSA) is 29.5 Å². The van der Waals surface area contributed by atoms with Crippen molar-refractivity contribution in [2.75, 3.05) is 0 Å². The molecule has 0 bridgehead atoms. The van der Waals surface area contributed by atoms with Crippen molar-refractivity contribution in [2.24, 2.45) is 0 Å². The Balaban J connectivity index is 3.71. The fraction of sp³-hybridized carbons (Fsp3) is 0.600. The third kappa shape index (κ3) is 5.08. The summed E-state index contributed by atoms with van der Waals surface area (Å²) in [6.07, 6.45) is 0.668. The lowest BCUT2D eigenvalue weighted by molar-refractivity contribution is -0.0902. The van der Waals surface area contributed by atoms with Crippen molar-refractivity contribution in [3.63, 3.8) is 0 Å². The van der Waals surface area contributed by atoms with Gasteiger partial charge in [-0.25, -0.2) is 0 Å². The highest BCUT2D eigenvalue weighted by Gasteiger charge is 2.20. The molecule has 0 aliphatic heterocycles. The van der Waals surface area contributed by atoms with Crippen molar-refractivity contribution in [3.8, 4) is 0 Å². The van der Waals surface area contributed by atoms with E-state index in [0.29, 0.717) is 0 Å². The highest BCUT2D eigenvalue weighted by molar-refractivity contribution is 9.25. The first-order valence-electron chi connectivity index (χ1n) is 2.35. The van der Waals surface area contributed by atoms with Crippen LogP contribution in [0.2, 0.25) is 0 Å². The van der Waals surface area contributed by atoms with Gasteiger partial charge in [-0.3, -0.25) is 0 Å². The third-order valence-electron chi connectivity index (χ3n) is 0.565. The minimum atomic E-state index is -0.818. The molecule has 0 aromatic rings. The van der Waals surface area contributed by atoms with Gasteiger partial charge in [0, 0.05) is 0 Å². The quantitative estimate of drug-likeness (QED) is 0.477. The highest BCUT2D eigenvalue weighted by atomic mass is 79.9. The van der Waals surface area contributed by atoms with Crippen molar-refractivity contribution in [1.82, 2.24) is 0 Å². The minimum absolute atomic E-state index is 0.797. The van der Waals surface area contributed by atoms with E-state index >= 15 is 0 Å². The molecule has 0 aliphatic rings. The molecule has 0 saturated carbocycles. The minimum Gasteiger partial charge on any atom is -0.368 e. The zero-order valence-electron chi connectivity index (χ0n) is 4.97. The molecule has 0 rings (SSSR count). The Morgan fingerprint density at radius 1 is 1.78 bits per heavy atom. The smallest absolute Gasteiger partial charge is 0.199 e. The van der Waals surface area contributed by atoms with E-state index in [-0.39, 0.29) is 0 Å². The van der Waals surface area contributed by atoms with E-state index in [4.69, 9.17) is 9.84 Å². The fourth-order valence-electron chi connectivity index (χ4n) is 0.276. The lowest BCUT2D eigenvalue weighted by Crippen LogP contribution is -2.19. The first kappa shape index (κ1) is 9.62. The van der Waals surface area contributed by atoms with Gasteiger partial charge in [-0.2, -0.15) is 0 Å². The van der Waals surface area contributed by atoms with Crippen molar-refractivity contribution >= 4 is 31.9 Å². The summed E-state index contributed by atoms with van der Waals surface area (Å²) in [7, 11) is 0. The number of aliphatic hydroxyl groups excluding tert-OH is 1. The van der Waals surface area contributed by atoms with Crippen LogP contribution < -0.4 is 0 Å². The molecule has 54 valence electrons. The van der Waals surface area contributed by atoms with Crippen LogP contribution in [-0.4, -0.2) is 14.8 Å². The average Bonchev–Trinajstić information content (AvgIpc) is 1.63. The van der Waals surface area contributed by atoms with Crippen LogP contribution in [0.3, 0.4) is 0 Å². The van der Waals surface area contributed by atoms with Crippen LogP contribution in [-0.2, 0) is 4.74 Å². The molecule has 1 N–H and O–H groups in total. The van der Waals surface area contributed by atoms with E-state index in [1.165, 1.54) is 13.0 Å². The standard InChI is InChI=1S/C5H8Br2O2/c1-3-5(6,7)9-4(2)8/h3-4,8H,1H2,2H3. The molecule has 0 amide bonds. The molecule has 1 unspecified atom stereocenters. The van der Waals surface area contributed by atoms with Crippen molar-refractivity contribution in [3.05, 3.63) is 12.7 Å². The lowest BCUT2D eigenvalue weighted by Gasteiger charge is -2.17. The molecule has 1 atom stereocenters. The zero-order chi connectivity index (χ0) is 7.49. The summed E-state index contributed by atoms with van der Waals surface area (Å²) < 4.78 is 4.06. The molecular formula is C5H8Br2O2. The van der Waals surface area contributed by atoms with Crippen LogP contribution in [0.1, 0.15) is 6.92 Å². The molecule has 0 heterocycles. The predicted octanol–water partition coefficient (Wildman–Crippen LogP) is 1.97. The molecule has 4 heteroatoms. The summed E-state index contributed by atoms with van der Waals surface area (Å²) in [5, 5.41) is 8.69. The second kappa shape index (κ2) is 3.71. The summed E-state index contributed by atoms with van der Waals surface area (Å²) in [5.74, 6) is 0. The van der Waals surface area contributed by atoms with Crippen LogP contribution >= 0.6 is 31.9 Å². The highest BCUT2D eigenvalue weighted by Crippen LogP contribution is 2.29. The van der Waals surface area contributed by atoms with Crippen molar-refractivity contribution in [2.45, 2.75) is 16.6 Å². The normalized spacial score (nSPS) is 15.1. The van der Waals surface area contributed by atoms with Gasteiger partial charge in [0.05, 0.1) is 0 Å². The predicted molar refractivity (Wildman–Crippen MR) is 43.5 cm³/mol. The summed E-state index contributed by atoms with van der Waals surface area (Å²) >= 11 is 6.20. The van der Waals surface area contributed by atoms with E-state index in [1.807, 2.05) is 0 Å². The van der Waals surface area contributed by atoms with E-state index < -0.39 is 9.71 Å². The second-order valence-electron chi connectivity index (χ2n) is 1.48. The van der Waals surface area contributed by atoms with Gasteiger partial charge in [0.1, 0.15) is 0 Å². The molecule has 0 spiro atoms. The van der Waals surface area contributed by atoms with Gasteiger partial charge >= 0.3 is 0 Å². The number of hydrogen-bond acceptors (Lipinski definition) is 2. The summed E-state index contributed by atoms with van der Waals surface area (Å²) in [5.41, 5.74) is 0. The van der Waals surface area contributed by atoms with E-state index in [9.17, 15) is 0 Å². The van der Waals surface area contributed by atoms with Gasteiger partial charge in [-0.15, -0.1) is 0 Å². The number of rotatable bonds is 3. The molecular weight excluding hydrogens is 252 g/mol. The van der Waals surface area contributed by atoms with E-state index in [2.05, 4.69) is 38.4 Å². The number of aliphatic hydroxyl groups is 1. The Hall–Kier alpha value is 0.620. The lowest BCUT2D eigenvalue weighted by atomic mass is 10.7. The van der Waals surface area contributed by atoms with Crippen LogP contribution in [0.4, 0.5) is 0 Å². The maximum absolute atomic E-state index is 8.69. The third-order valence-corrected chi connectivity index (χ3v) is 1.59. The molecule has 0 aromatic heterocycles. The summed E-state index contributed by atoms with van der Waals surface area (Å²) in [4.78, 5) is 0. The zero-order valence-corrected chi connectivity index (χ0v) is 8.15. The van der Waals surface area contributed by atoms with Crippen LogP contribution in [0.25, 0.3) is 0 Å². The fourth-order valence-corrected chi connectivity index (χ4v) is 0.817. The van der Waals surface area contributed by atoms with Gasteiger partial charge in [0.2, 0.25) is 0 Å². The van der Waals surface area contributed by atoms with Crippen molar-refractivity contribution in [1.29, 1.82) is 0 Å². The Labute approximate surface area is 71.2 Å². The van der Waals surface area contributed by atoms with Gasteiger partial charge in [-0.1, -0.05) is 6.58 Å². The van der Waals surface area contributed by atoms with Gasteiger partial charge in [-0.05, 0) is 44.9 Å². The molecule has 9 heavy (non-hydrogen) atoms. The van der Waals surface area contributed by atoms with Crippen LogP contribution in [0, 0.1) is 0 Å². The molecule has 0 fully saturated rings. The van der Waals surface area contributed by atoms with E-state index in [1.54, 1.807) is 0 Å². The number of halogens is 2. The molecule has 2 nitrogen and oxygen atoms in total. The molecule has 0 saturated heterocycles. The Bertz CT molecular complexity index is 101. The maximum Gasteiger partial charge on any atom is 0.199 e. The molecule has 0 aromatic carbocycles. The van der Waals surface area contributed by atoms with E-state index in [0.717, 1.165) is 0 Å². The van der Waals surface area contributed by atoms with Gasteiger partial charge in [0.15, 0.2) is 9.71 Å². The number of alkyl halides is 2. The SMILES string of the molecule is C=CC(Br)(Br)OC(C)O. The Morgan fingerprint density at radius 3 is 2.33 bits per heavy atom. The summed E-state index contributed by atoms with van der Waals surface area (Å²) in [6.45, 7) is 4.97. The Kier molecular flexibility index (Phi) is 3.96. The van der Waals surface area contributed by atoms with Gasteiger partial charge < -0.3 is 9.84 Å². The second-order valence-corrected chi connectivity index (χ2v) is 4.90. The number of hydrogen-bond donors (Lipinski definition) is 1. The number of ether oxygens (including phenoxy) is 1. The summed E-state index contributed by atoms with van der Waals surface area (Å²) in [6, 6.07) is 0. The molecule has 0 radical (unpaired) electrons. The van der Waals surface area contributed by atoms with Gasteiger partial charge in [0.25, 0.3) is 0 Å². The average molecular weight is 260 g/mol. The monoisotopic (exact) mass is 258 g/mol.